The number of rotatable bonds is 4. The van der Waals surface area contributed by atoms with E-state index in [-0.39, 0.29) is 4.90 Å². The Morgan fingerprint density at radius 2 is 1.84 bits per heavy atom. The summed E-state index contributed by atoms with van der Waals surface area (Å²) in [6.07, 6.45) is 0. The van der Waals surface area contributed by atoms with Gasteiger partial charge in [0, 0.05) is 24.7 Å². The van der Waals surface area contributed by atoms with Crippen LogP contribution in [0.3, 0.4) is 0 Å². The first-order chi connectivity index (χ1) is 11.7. The zero-order chi connectivity index (χ0) is 18.4. The van der Waals surface area contributed by atoms with Crippen molar-refractivity contribution in [1.82, 2.24) is 14.3 Å². The maximum atomic E-state index is 12.3. The molecule has 0 aliphatic rings. The number of benzene rings is 1. The van der Waals surface area contributed by atoms with Gasteiger partial charge in [-0.3, -0.25) is 0 Å². The lowest BCUT2D eigenvalue weighted by Gasteiger charge is -2.13. The standard InChI is InChI=1S/C17H20N4O2S2/c1-10-11(2)24-17-15(10)16(18-12(3)19-17)20-13-7-6-8-14(9-13)25(22,23)21(4)5/h6-9H,1-5H3,(H,18,19,20). The highest BCUT2D eigenvalue weighted by atomic mass is 32.2. The van der Waals surface area contributed by atoms with Crippen LogP contribution in [0.1, 0.15) is 16.3 Å². The normalized spacial score (nSPS) is 12.1. The van der Waals surface area contributed by atoms with Gasteiger partial charge in [0.25, 0.3) is 0 Å². The van der Waals surface area contributed by atoms with E-state index in [1.807, 2.05) is 19.9 Å². The van der Waals surface area contributed by atoms with Crippen molar-refractivity contribution in [3.05, 3.63) is 40.5 Å². The molecule has 0 bridgehead atoms. The Morgan fingerprint density at radius 1 is 1.12 bits per heavy atom. The molecule has 0 unspecified atom stereocenters. The summed E-state index contributed by atoms with van der Waals surface area (Å²) >= 11 is 1.64. The Hall–Kier alpha value is -2.03. The first-order valence-corrected chi connectivity index (χ1v) is 10.00. The van der Waals surface area contributed by atoms with Gasteiger partial charge >= 0.3 is 0 Å². The van der Waals surface area contributed by atoms with Crippen molar-refractivity contribution in [2.45, 2.75) is 25.7 Å². The summed E-state index contributed by atoms with van der Waals surface area (Å²) in [5, 5.41) is 4.25. The Labute approximate surface area is 151 Å². The summed E-state index contributed by atoms with van der Waals surface area (Å²) in [6.45, 7) is 5.96. The maximum absolute atomic E-state index is 12.3. The molecule has 1 aromatic carbocycles. The molecule has 8 heteroatoms. The van der Waals surface area contributed by atoms with Crippen LogP contribution in [-0.4, -0.2) is 36.8 Å². The number of sulfonamides is 1. The fourth-order valence-electron chi connectivity index (χ4n) is 2.53. The van der Waals surface area contributed by atoms with E-state index < -0.39 is 10.0 Å². The van der Waals surface area contributed by atoms with Gasteiger partial charge in [-0.25, -0.2) is 22.7 Å². The van der Waals surface area contributed by atoms with Crippen LogP contribution in [0.5, 0.6) is 0 Å². The topological polar surface area (TPSA) is 75.2 Å². The Bertz CT molecular complexity index is 1060. The van der Waals surface area contributed by atoms with Crippen molar-refractivity contribution in [3.8, 4) is 0 Å². The number of hydrogen-bond acceptors (Lipinski definition) is 6. The van der Waals surface area contributed by atoms with E-state index in [2.05, 4.69) is 22.2 Å². The van der Waals surface area contributed by atoms with Crippen LogP contribution in [-0.2, 0) is 10.0 Å². The fourth-order valence-corrected chi connectivity index (χ4v) is 4.55. The average molecular weight is 377 g/mol. The molecule has 1 N–H and O–H groups in total. The number of nitrogens with zero attached hydrogens (tertiary/aromatic N) is 3. The van der Waals surface area contributed by atoms with Gasteiger partial charge in [-0.2, -0.15) is 0 Å². The summed E-state index contributed by atoms with van der Waals surface area (Å²) in [7, 11) is -0.448. The summed E-state index contributed by atoms with van der Waals surface area (Å²) < 4.78 is 25.9. The fraction of sp³-hybridized carbons (Fsp3) is 0.294. The minimum Gasteiger partial charge on any atom is -0.340 e. The molecule has 0 saturated carbocycles. The molecule has 0 aliphatic carbocycles. The lowest BCUT2D eigenvalue weighted by Crippen LogP contribution is -2.22. The predicted molar refractivity (Wildman–Crippen MR) is 102 cm³/mol. The van der Waals surface area contributed by atoms with Crippen molar-refractivity contribution in [2.24, 2.45) is 0 Å². The molecule has 0 atom stereocenters. The molecular formula is C17H20N4O2S2. The number of anilines is 2. The van der Waals surface area contributed by atoms with Gasteiger partial charge in [-0.05, 0) is 44.5 Å². The van der Waals surface area contributed by atoms with E-state index in [9.17, 15) is 8.42 Å². The Morgan fingerprint density at radius 3 is 2.52 bits per heavy atom. The smallest absolute Gasteiger partial charge is 0.242 e. The minimum absolute atomic E-state index is 0.239. The highest BCUT2D eigenvalue weighted by Crippen LogP contribution is 2.34. The number of thiophene rings is 1. The van der Waals surface area contributed by atoms with Gasteiger partial charge in [-0.1, -0.05) is 6.07 Å². The maximum Gasteiger partial charge on any atom is 0.242 e. The van der Waals surface area contributed by atoms with Crippen molar-refractivity contribution >= 4 is 43.1 Å². The summed E-state index contributed by atoms with van der Waals surface area (Å²) in [5.74, 6) is 1.37. The summed E-state index contributed by atoms with van der Waals surface area (Å²) in [6, 6.07) is 6.75. The largest absolute Gasteiger partial charge is 0.340 e. The highest BCUT2D eigenvalue weighted by Gasteiger charge is 2.18. The molecule has 0 aliphatic heterocycles. The zero-order valence-electron chi connectivity index (χ0n) is 14.8. The second-order valence-electron chi connectivity index (χ2n) is 6.02. The third-order valence-electron chi connectivity index (χ3n) is 4.02. The molecule has 3 aromatic rings. The molecule has 6 nitrogen and oxygen atoms in total. The van der Waals surface area contributed by atoms with Crippen molar-refractivity contribution < 1.29 is 8.42 Å². The van der Waals surface area contributed by atoms with E-state index in [1.54, 1.807) is 29.5 Å². The van der Waals surface area contributed by atoms with Gasteiger partial charge in [0.1, 0.15) is 16.5 Å². The lowest BCUT2D eigenvalue weighted by atomic mass is 10.2. The Kier molecular flexibility index (Phi) is 4.52. The van der Waals surface area contributed by atoms with Crippen molar-refractivity contribution in [3.63, 3.8) is 0 Å². The monoisotopic (exact) mass is 376 g/mol. The van der Waals surface area contributed by atoms with E-state index in [0.717, 1.165) is 15.8 Å². The molecule has 2 aromatic heterocycles. The van der Waals surface area contributed by atoms with Crippen LogP contribution in [0, 0.1) is 20.8 Å². The molecule has 0 spiro atoms. The van der Waals surface area contributed by atoms with Gasteiger partial charge < -0.3 is 5.32 Å². The first kappa shape index (κ1) is 17.8. The number of aromatic nitrogens is 2. The van der Waals surface area contributed by atoms with Crippen molar-refractivity contribution in [1.29, 1.82) is 0 Å². The van der Waals surface area contributed by atoms with Crippen LogP contribution in [0.4, 0.5) is 11.5 Å². The number of hydrogen-bond donors (Lipinski definition) is 1. The molecule has 2 heterocycles. The quantitative estimate of drug-likeness (QED) is 0.753. The van der Waals surface area contributed by atoms with Crippen LogP contribution >= 0.6 is 11.3 Å². The van der Waals surface area contributed by atoms with Gasteiger partial charge in [0.05, 0.1) is 10.3 Å². The first-order valence-electron chi connectivity index (χ1n) is 7.74. The lowest BCUT2D eigenvalue weighted by molar-refractivity contribution is 0.521. The van der Waals surface area contributed by atoms with E-state index >= 15 is 0 Å². The van der Waals surface area contributed by atoms with Crippen LogP contribution in [0.2, 0.25) is 0 Å². The second-order valence-corrected chi connectivity index (χ2v) is 9.38. The second kappa shape index (κ2) is 6.36. The molecule has 132 valence electrons. The highest BCUT2D eigenvalue weighted by molar-refractivity contribution is 7.89. The van der Waals surface area contributed by atoms with Gasteiger partial charge in [0.2, 0.25) is 10.0 Å². The van der Waals surface area contributed by atoms with Crippen LogP contribution in [0.15, 0.2) is 29.2 Å². The molecule has 0 saturated heterocycles. The third kappa shape index (κ3) is 3.24. The minimum atomic E-state index is -3.48. The molecule has 0 radical (unpaired) electrons. The van der Waals surface area contributed by atoms with E-state index in [0.29, 0.717) is 17.3 Å². The molecule has 3 rings (SSSR count). The summed E-state index contributed by atoms with van der Waals surface area (Å²) in [4.78, 5) is 11.4. The Balaban J connectivity index is 2.08. The number of aryl methyl sites for hydroxylation is 3. The average Bonchev–Trinajstić information content (AvgIpc) is 2.81. The molecule has 0 fully saturated rings. The van der Waals surface area contributed by atoms with E-state index in [4.69, 9.17) is 0 Å². The number of fused-ring (bicyclic) bond motifs is 1. The van der Waals surface area contributed by atoms with E-state index in [1.165, 1.54) is 23.3 Å². The third-order valence-corrected chi connectivity index (χ3v) is 6.93. The predicted octanol–water partition coefficient (Wildman–Crippen LogP) is 3.61. The summed E-state index contributed by atoms with van der Waals surface area (Å²) in [5.41, 5.74) is 1.81. The zero-order valence-corrected chi connectivity index (χ0v) is 16.4. The molecule has 25 heavy (non-hydrogen) atoms. The number of nitrogens with one attached hydrogen (secondary N) is 1. The molecular weight excluding hydrogens is 356 g/mol. The SMILES string of the molecule is Cc1nc(Nc2cccc(S(=O)(=O)N(C)C)c2)c2c(C)c(C)sc2n1. The van der Waals surface area contributed by atoms with Crippen LogP contribution in [0.25, 0.3) is 10.2 Å². The van der Waals surface area contributed by atoms with Gasteiger partial charge in [-0.15, -0.1) is 11.3 Å². The molecule has 0 amide bonds. The van der Waals surface area contributed by atoms with Crippen molar-refractivity contribution in [2.75, 3.05) is 19.4 Å². The van der Waals surface area contributed by atoms with Crippen LogP contribution < -0.4 is 5.32 Å². The van der Waals surface area contributed by atoms with Gasteiger partial charge in [0.15, 0.2) is 0 Å².